The lowest BCUT2D eigenvalue weighted by atomic mass is 9.80. The maximum absolute atomic E-state index is 14.0. The van der Waals surface area contributed by atoms with Crippen molar-refractivity contribution in [3.05, 3.63) is 42.0 Å². The fourth-order valence-electron chi connectivity index (χ4n) is 3.23. The van der Waals surface area contributed by atoms with E-state index in [1.54, 1.807) is 0 Å². The molecule has 1 aliphatic carbocycles. The summed E-state index contributed by atoms with van der Waals surface area (Å²) in [7, 11) is 0. The first-order chi connectivity index (χ1) is 12.2. The van der Waals surface area contributed by atoms with Gasteiger partial charge in [-0.3, -0.25) is 0 Å². The first kappa shape index (κ1) is 20.7. The van der Waals surface area contributed by atoms with Gasteiger partial charge in [0, 0.05) is 6.42 Å². The molecule has 0 aromatic heterocycles. The minimum atomic E-state index is -4.78. The van der Waals surface area contributed by atoms with Crippen molar-refractivity contribution in [2.24, 2.45) is 11.8 Å². The summed E-state index contributed by atoms with van der Waals surface area (Å²) in [4.78, 5) is 0. The van der Waals surface area contributed by atoms with Crippen LogP contribution in [-0.2, 0) is 11.3 Å². The molecular weight excluding hydrogens is 355 g/mol. The van der Waals surface area contributed by atoms with E-state index >= 15 is 0 Å². The van der Waals surface area contributed by atoms with Crippen molar-refractivity contribution in [1.82, 2.24) is 0 Å². The van der Waals surface area contributed by atoms with Crippen molar-refractivity contribution in [2.45, 2.75) is 58.1 Å². The highest BCUT2D eigenvalue weighted by Crippen LogP contribution is 2.37. The van der Waals surface area contributed by atoms with E-state index in [-0.39, 0.29) is 18.9 Å². The van der Waals surface area contributed by atoms with Gasteiger partial charge in [-0.15, -0.1) is 13.2 Å². The summed E-state index contributed by atoms with van der Waals surface area (Å²) in [5, 5.41) is 0. The third-order valence-corrected chi connectivity index (χ3v) is 4.49. The first-order valence-corrected chi connectivity index (χ1v) is 8.66. The van der Waals surface area contributed by atoms with Crippen LogP contribution in [0.4, 0.5) is 22.0 Å². The molecule has 2 nitrogen and oxygen atoms in total. The van der Waals surface area contributed by atoms with E-state index < -0.39 is 18.2 Å². The summed E-state index contributed by atoms with van der Waals surface area (Å²) in [5.41, 5.74) is 0.357. The fraction of sp³-hybridized carbons (Fsp3) is 0.579. The lowest BCUT2D eigenvalue weighted by molar-refractivity contribution is -0.274. The number of alkyl halides is 5. The smallest absolute Gasteiger partial charge is 0.406 e. The highest BCUT2D eigenvalue weighted by molar-refractivity contribution is 5.27. The summed E-state index contributed by atoms with van der Waals surface area (Å²) >= 11 is 0. The molecule has 146 valence electrons. The number of benzene rings is 1. The van der Waals surface area contributed by atoms with Gasteiger partial charge < -0.3 is 9.47 Å². The van der Waals surface area contributed by atoms with Crippen molar-refractivity contribution in [2.75, 3.05) is 0 Å². The number of rotatable bonds is 7. The van der Waals surface area contributed by atoms with E-state index in [1.807, 2.05) is 13.0 Å². The zero-order chi connectivity index (χ0) is 19.2. The average molecular weight is 378 g/mol. The fourth-order valence-corrected chi connectivity index (χ4v) is 3.23. The van der Waals surface area contributed by atoms with Crippen molar-refractivity contribution in [3.63, 3.8) is 0 Å². The predicted molar refractivity (Wildman–Crippen MR) is 87.7 cm³/mol. The molecule has 1 aromatic rings. The Morgan fingerprint density at radius 1 is 1.00 bits per heavy atom. The van der Waals surface area contributed by atoms with Crippen LogP contribution in [0.3, 0.4) is 0 Å². The van der Waals surface area contributed by atoms with Crippen molar-refractivity contribution in [1.29, 1.82) is 0 Å². The molecule has 0 unspecified atom stereocenters. The molecule has 1 fully saturated rings. The Labute approximate surface area is 150 Å². The molecule has 1 aliphatic rings. The van der Waals surface area contributed by atoms with Crippen LogP contribution in [0, 0.1) is 11.8 Å². The van der Waals surface area contributed by atoms with Crippen LogP contribution in [0.15, 0.2) is 36.4 Å². The quantitative estimate of drug-likeness (QED) is 0.400. The maximum Gasteiger partial charge on any atom is 0.573 e. The van der Waals surface area contributed by atoms with Gasteiger partial charge in [0.1, 0.15) is 5.75 Å². The first-order valence-electron chi connectivity index (χ1n) is 8.66. The lowest BCUT2D eigenvalue weighted by Crippen LogP contribution is -2.26. The van der Waals surface area contributed by atoms with Gasteiger partial charge in [0.05, 0.1) is 6.61 Å². The molecule has 0 N–H and O–H groups in total. The Balaban J connectivity index is 1.78. The van der Waals surface area contributed by atoms with Crippen LogP contribution in [0.25, 0.3) is 0 Å². The summed E-state index contributed by atoms with van der Waals surface area (Å²) < 4.78 is 72.8. The van der Waals surface area contributed by atoms with Gasteiger partial charge in [0.15, 0.2) is 0 Å². The van der Waals surface area contributed by atoms with E-state index in [2.05, 4.69) is 10.8 Å². The Morgan fingerprint density at radius 3 is 2.15 bits per heavy atom. The van der Waals surface area contributed by atoms with Crippen LogP contribution in [0.5, 0.6) is 5.75 Å². The highest BCUT2D eigenvalue weighted by Gasteiger charge is 2.35. The largest absolute Gasteiger partial charge is 0.573 e. The topological polar surface area (TPSA) is 18.5 Å². The monoisotopic (exact) mass is 378 g/mol. The van der Waals surface area contributed by atoms with Gasteiger partial charge in [0.25, 0.3) is 0 Å². The van der Waals surface area contributed by atoms with Crippen molar-refractivity contribution in [3.8, 4) is 5.75 Å². The van der Waals surface area contributed by atoms with Gasteiger partial charge in [-0.1, -0.05) is 24.3 Å². The molecule has 1 saturated carbocycles. The van der Waals surface area contributed by atoms with E-state index in [9.17, 15) is 22.0 Å². The number of hydrogen-bond donors (Lipinski definition) is 0. The number of ether oxygens (including phenoxy) is 2. The summed E-state index contributed by atoms with van der Waals surface area (Å²) in [6, 6.07) is 4.71. The normalized spacial score (nSPS) is 21.9. The predicted octanol–water partition coefficient (Wildman–Crippen LogP) is 6.47. The number of halogens is 5. The Morgan fingerprint density at radius 2 is 1.62 bits per heavy atom. The molecule has 0 heterocycles. The van der Waals surface area contributed by atoms with Gasteiger partial charge >= 0.3 is 12.5 Å². The molecule has 1 aromatic carbocycles. The molecule has 0 radical (unpaired) electrons. The summed E-state index contributed by atoms with van der Waals surface area (Å²) in [6.45, 7) is 1.59. The van der Waals surface area contributed by atoms with E-state index in [0.717, 1.165) is 37.8 Å². The minimum absolute atomic E-state index is 0.0749. The standard InChI is InChI=1S/C19H23F5O2/c1-2-3-14-4-6-15(7-5-14)12-18(20,21)25-13-16-8-10-17(11-9-16)26-19(22,23)24/h2-3,8-11,14-15H,4-7,12-13H2,1H3. The molecule has 0 bridgehead atoms. The maximum atomic E-state index is 14.0. The summed E-state index contributed by atoms with van der Waals surface area (Å²) in [5.74, 6) is 0.00295. The Hall–Kier alpha value is -1.63. The van der Waals surface area contributed by atoms with Gasteiger partial charge in [-0.2, -0.15) is 8.78 Å². The summed E-state index contributed by atoms with van der Waals surface area (Å²) in [6.07, 6.45) is -0.932. The van der Waals surface area contributed by atoms with E-state index in [1.165, 1.54) is 12.1 Å². The average Bonchev–Trinajstić information content (AvgIpc) is 2.55. The second-order valence-corrected chi connectivity index (χ2v) is 6.63. The molecular formula is C19H23F5O2. The van der Waals surface area contributed by atoms with Gasteiger partial charge in [-0.05, 0) is 62.1 Å². The van der Waals surface area contributed by atoms with Crippen molar-refractivity contribution >= 4 is 0 Å². The Kier molecular flexibility index (Phi) is 7.03. The van der Waals surface area contributed by atoms with Crippen LogP contribution in [0.2, 0.25) is 0 Å². The zero-order valence-electron chi connectivity index (χ0n) is 14.6. The molecule has 2 rings (SSSR count). The van der Waals surface area contributed by atoms with Crippen LogP contribution < -0.4 is 4.74 Å². The third-order valence-electron chi connectivity index (χ3n) is 4.49. The van der Waals surface area contributed by atoms with E-state index in [4.69, 9.17) is 4.74 Å². The van der Waals surface area contributed by atoms with Gasteiger partial charge in [-0.25, -0.2) is 0 Å². The molecule has 7 heteroatoms. The number of hydrogen-bond acceptors (Lipinski definition) is 2. The van der Waals surface area contributed by atoms with Crippen LogP contribution in [0.1, 0.15) is 44.6 Å². The van der Waals surface area contributed by atoms with E-state index in [0.29, 0.717) is 11.5 Å². The van der Waals surface area contributed by atoms with Gasteiger partial charge in [0.2, 0.25) is 0 Å². The third kappa shape index (κ3) is 7.32. The molecule has 0 amide bonds. The second kappa shape index (κ2) is 8.84. The Bertz CT molecular complexity index is 573. The number of allylic oxidation sites excluding steroid dienone is 2. The van der Waals surface area contributed by atoms with Crippen LogP contribution >= 0.6 is 0 Å². The van der Waals surface area contributed by atoms with Crippen molar-refractivity contribution < 1.29 is 31.4 Å². The second-order valence-electron chi connectivity index (χ2n) is 6.63. The SMILES string of the molecule is CC=CC1CCC(CC(F)(F)OCc2ccc(OC(F)(F)F)cc2)CC1. The molecule has 0 spiro atoms. The molecule has 0 atom stereocenters. The minimum Gasteiger partial charge on any atom is -0.406 e. The highest BCUT2D eigenvalue weighted by atomic mass is 19.4. The van der Waals surface area contributed by atoms with Crippen LogP contribution in [-0.4, -0.2) is 12.5 Å². The molecule has 0 aliphatic heterocycles. The zero-order valence-corrected chi connectivity index (χ0v) is 14.6. The lowest BCUT2D eigenvalue weighted by Gasteiger charge is -2.29. The molecule has 0 saturated heterocycles. The molecule has 26 heavy (non-hydrogen) atoms.